The molecule has 1 rings (SSSR count). The minimum Gasteiger partial charge on any atom is -0.320 e. The van der Waals surface area contributed by atoms with E-state index in [-0.39, 0.29) is 5.82 Å². The Morgan fingerprint density at radius 3 is 2.70 bits per heavy atom. The summed E-state index contributed by atoms with van der Waals surface area (Å²) in [4.78, 5) is 7.98. The monoisotopic (exact) mass is 292 g/mol. The molecule has 0 radical (unpaired) electrons. The Bertz CT molecular complexity index is 451. The third-order valence-electron chi connectivity index (χ3n) is 2.86. The van der Waals surface area contributed by atoms with Crippen molar-refractivity contribution in [2.75, 3.05) is 13.6 Å². The third-order valence-corrected chi connectivity index (χ3v) is 3.06. The van der Waals surface area contributed by atoms with E-state index in [1.54, 1.807) is 6.07 Å². The Kier molecular flexibility index (Phi) is 10.3. The summed E-state index contributed by atoms with van der Waals surface area (Å²) in [5.41, 5.74) is 0.854. The topological polar surface area (TPSA) is 61.6 Å². The summed E-state index contributed by atoms with van der Waals surface area (Å²) >= 11 is 5.84. The number of rotatable bonds is 7. The van der Waals surface area contributed by atoms with Gasteiger partial charge in [-0.25, -0.2) is 9.97 Å². The lowest BCUT2D eigenvalue weighted by Gasteiger charge is -2.10. The minimum absolute atomic E-state index is 0.153. The van der Waals surface area contributed by atoms with Crippen molar-refractivity contribution in [1.82, 2.24) is 15.3 Å². The Morgan fingerprint density at radius 2 is 2.10 bits per heavy atom. The largest absolute Gasteiger partial charge is 0.320 e. The zero-order valence-electron chi connectivity index (χ0n) is 12.1. The van der Waals surface area contributed by atoms with Crippen molar-refractivity contribution in [3.05, 3.63) is 22.7 Å². The first-order chi connectivity index (χ1) is 9.65. The van der Waals surface area contributed by atoms with Crippen LogP contribution in [0.5, 0.6) is 0 Å². The second-order valence-electron chi connectivity index (χ2n) is 4.51. The van der Waals surface area contributed by atoms with Crippen molar-refractivity contribution in [2.24, 2.45) is 5.92 Å². The van der Waals surface area contributed by atoms with Gasteiger partial charge >= 0.3 is 0 Å². The second-order valence-corrected chi connectivity index (χ2v) is 4.89. The highest BCUT2D eigenvalue weighted by Crippen LogP contribution is 2.15. The van der Waals surface area contributed by atoms with Crippen molar-refractivity contribution in [1.29, 1.82) is 5.26 Å². The average Bonchev–Trinajstić information content (AvgIpc) is 2.47. The quantitative estimate of drug-likeness (QED) is 0.477. The highest BCUT2D eigenvalue weighted by Gasteiger charge is 2.06. The minimum atomic E-state index is 0.153. The van der Waals surface area contributed by atoms with E-state index in [1.807, 2.05) is 13.1 Å². The molecule has 1 atom stereocenters. The fourth-order valence-corrected chi connectivity index (χ4v) is 2.01. The van der Waals surface area contributed by atoms with Crippen LogP contribution in [0.2, 0.25) is 5.15 Å². The third kappa shape index (κ3) is 7.74. The molecule has 1 aromatic heterocycles. The van der Waals surface area contributed by atoms with Crippen molar-refractivity contribution in [3.8, 4) is 18.9 Å². The first-order valence-corrected chi connectivity index (χ1v) is 6.95. The van der Waals surface area contributed by atoms with Gasteiger partial charge in [0.25, 0.3) is 0 Å². The van der Waals surface area contributed by atoms with Crippen LogP contribution in [0.25, 0.3) is 0 Å². The number of aryl methyl sites for hydroxylation is 1. The van der Waals surface area contributed by atoms with Gasteiger partial charge in [-0.1, -0.05) is 18.5 Å². The summed E-state index contributed by atoms with van der Waals surface area (Å²) < 4.78 is 0. The lowest BCUT2D eigenvalue weighted by molar-refractivity contribution is 0.467. The summed E-state index contributed by atoms with van der Waals surface area (Å²) in [7, 11) is 1.97. The van der Waals surface area contributed by atoms with Gasteiger partial charge in [-0.3, -0.25) is 0 Å². The number of terminal acetylenes is 1. The lowest BCUT2D eigenvalue weighted by atomic mass is 9.99. The van der Waals surface area contributed by atoms with E-state index in [1.165, 1.54) is 12.8 Å². The van der Waals surface area contributed by atoms with Crippen LogP contribution in [-0.2, 0) is 6.42 Å². The van der Waals surface area contributed by atoms with Crippen molar-refractivity contribution < 1.29 is 0 Å². The van der Waals surface area contributed by atoms with Gasteiger partial charge in [-0.05, 0) is 51.3 Å². The highest BCUT2D eigenvalue weighted by molar-refractivity contribution is 6.29. The van der Waals surface area contributed by atoms with E-state index in [0.29, 0.717) is 11.1 Å². The number of aromatic nitrogens is 2. The van der Waals surface area contributed by atoms with E-state index in [4.69, 9.17) is 16.9 Å². The lowest BCUT2D eigenvalue weighted by Crippen LogP contribution is -2.09. The van der Waals surface area contributed by atoms with E-state index < -0.39 is 0 Å². The second kappa shape index (κ2) is 11.2. The molecule has 0 fully saturated rings. The Morgan fingerprint density at radius 1 is 1.40 bits per heavy atom. The van der Waals surface area contributed by atoms with E-state index in [2.05, 4.69) is 35.1 Å². The summed E-state index contributed by atoms with van der Waals surface area (Å²) in [5, 5.41) is 12.3. The van der Waals surface area contributed by atoms with Gasteiger partial charge < -0.3 is 5.32 Å². The number of nitrogens with one attached hydrogen (secondary N) is 1. The van der Waals surface area contributed by atoms with E-state index in [0.717, 1.165) is 25.1 Å². The van der Waals surface area contributed by atoms with Crippen LogP contribution in [-0.4, -0.2) is 23.6 Å². The SMILES string of the molecule is C#C.CNCCC[C@H](C)CCc1cc(Cl)nc(C#N)n1. The molecule has 0 unspecified atom stereocenters. The van der Waals surface area contributed by atoms with Crippen LogP contribution in [0.3, 0.4) is 0 Å². The van der Waals surface area contributed by atoms with Gasteiger partial charge in [-0.2, -0.15) is 5.26 Å². The maximum Gasteiger partial charge on any atom is 0.233 e. The Balaban J connectivity index is 0.00000172. The average molecular weight is 293 g/mol. The molecule has 4 nitrogen and oxygen atoms in total. The molecule has 0 aliphatic carbocycles. The van der Waals surface area contributed by atoms with Crippen molar-refractivity contribution >= 4 is 11.6 Å². The number of hydrogen-bond acceptors (Lipinski definition) is 4. The van der Waals surface area contributed by atoms with Crippen LogP contribution in [0.1, 0.15) is 37.7 Å². The van der Waals surface area contributed by atoms with Gasteiger partial charge in [0.2, 0.25) is 5.82 Å². The number of nitrogens with zero attached hydrogens (tertiary/aromatic N) is 3. The van der Waals surface area contributed by atoms with E-state index >= 15 is 0 Å². The molecule has 1 heterocycles. The Labute approximate surface area is 126 Å². The fourth-order valence-electron chi connectivity index (χ4n) is 1.81. The summed E-state index contributed by atoms with van der Waals surface area (Å²) in [6.07, 6.45) is 12.3. The molecule has 0 aliphatic rings. The first-order valence-electron chi connectivity index (χ1n) is 6.57. The maximum atomic E-state index is 8.77. The number of hydrogen-bond donors (Lipinski definition) is 1. The predicted molar refractivity (Wildman–Crippen MR) is 82.3 cm³/mol. The van der Waals surface area contributed by atoms with Gasteiger partial charge in [0.05, 0.1) is 0 Å². The molecule has 0 aliphatic heterocycles. The molecular formula is C15H21ClN4. The van der Waals surface area contributed by atoms with Gasteiger partial charge in [0, 0.05) is 5.69 Å². The molecule has 20 heavy (non-hydrogen) atoms. The van der Waals surface area contributed by atoms with Gasteiger partial charge in [0.1, 0.15) is 11.2 Å². The van der Waals surface area contributed by atoms with Gasteiger partial charge in [0.15, 0.2) is 0 Å². The van der Waals surface area contributed by atoms with Gasteiger partial charge in [-0.15, -0.1) is 12.8 Å². The molecule has 0 saturated carbocycles. The fraction of sp³-hybridized carbons (Fsp3) is 0.533. The molecular weight excluding hydrogens is 272 g/mol. The normalized spacial score (nSPS) is 11.0. The predicted octanol–water partition coefficient (Wildman–Crippen LogP) is 2.82. The molecule has 0 amide bonds. The van der Waals surface area contributed by atoms with Crippen molar-refractivity contribution in [3.63, 3.8) is 0 Å². The molecule has 5 heteroatoms. The summed E-state index contributed by atoms with van der Waals surface area (Å²) in [5.74, 6) is 0.804. The zero-order chi connectivity index (χ0) is 15.4. The number of nitriles is 1. The molecule has 0 spiro atoms. The highest BCUT2D eigenvalue weighted by atomic mass is 35.5. The van der Waals surface area contributed by atoms with Crippen LogP contribution >= 0.6 is 11.6 Å². The first kappa shape index (κ1) is 18.4. The van der Waals surface area contributed by atoms with Crippen molar-refractivity contribution in [2.45, 2.75) is 32.6 Å². The standard InChI is InChI=1S/C13H19ClN4.C2H2/c1-10(4-3-7-16-2)5-6-11-8-12(14)18-13(9-15)17-11;1-2/h8,10,16H,3-7H2,1-2H3;1-2H/t10-;/m0./s1. The molecule has 0 saturated heterocycles. The van der Waals surface area contributed by atoms with E-state index in [9.17, 15) is 0 Å². The summed E-state index contributed by atoms with van der Waals surface area (Å²) in [6, 6.07) is 3.66. The summed E-state index contributed by atoms with van der Waals surface area (Å²) in [6.45, 7) is 3.30. The zero-order valence-corrected chi connectivity index (χ0v) is 12.8. The maximum absolute atomic E-state index is 8.77. The van der Waals surface area contributed by atoms with Crippen LogP contribution in [0.15, 0.2) is 6.07 Å². The molecule has 108 valence electrons. The van der Waals surface area contributed by atoms with Crippen LogP contribution in [0, 0.1) is 30.1 Å². The Hall–Kier alpha value is -1.62. The molecule has 1 N–H and O–H groups in total. The smallest absolute Gasteiger partial charge is 0.233 e. The molecule has 0 aromatic carbocycles. The van der Waals surface area contributed by atoms with Crippen LogP contribution < -0.4 is 5.32 Å². The molecule has 1 aromatic rings. The molecule has 0 bridgehead atoms. The van der Waals surface area contributed by atoms with Crippen LogP contribution in [0.4, 0.5) is 0 Å². The number of halogens is 1.